The fourth-order valence-corrected chi connectivity index (χ4v) is 7.44. The van der Waals surface area contributed by atoms with E-state index in [1.165, 1.54) is 67.6 Å². The minimum Gasteiger partial charge on any atom is -0.378 e. The molecule has 0 aromatic heterocycles. The highest BCUT2D eigenvalue weighted by Gasteiger charge is 2.30. The van der Waals surface area contributed by atoms with E-state index in [0.29, 0.717) is 0 Å². The third kappa shape index (κ3) is 4.86. The van der Waals surface area contributed by atoms with Crippen molar-refractivity contribution in [2.24, 2.45) is 0 Å². The lowest BCUT2D eigenvalue weighted by Gasteiger charge is -2.16. The fourth-order valence-electron chi connectivity index (χ4n) is 3.41. The van der Waals surface area contributed by atoms with Crippen LogP contribution in [0.5, 0.6) is 5.75 Å². The van der Waals surface area contributed by atoms with Crippen LogP contribution in [0.1, 0.15) is 5.56 Å². The Kier molecular flexibility index (Phi) is 6.54. The molecule has 7 nitrogen and oxygen atoms in total. The minimum absolute atomic E-state index is 0.0308. The molecule has 10 heteroatoms. The second kappa shape index (κ2) is 9.29. The van der Waals surface area contributed by atoms with E-state index in [2.05, 4.69) is 0 Å². The van der Waals surface area contributed by atoms with Gasteiger partial charge in [-0.2, -0.15) is 8.42 Å². The van der Waals surface area contributed by atoms with E-state index in [9.17, 15) is 25.3 Å². The minimum atomic E-state index is -4.41. The highest BCUT2D eigenvalue weighted by molar-refractivity contribution is 7.92. The zero-order chi connectivity index (χ0) is 25.3. The zero-order valence-corrected chi connectivity index (χ0v) is 20.8. The molecule has 0 aliphatic carbocycles. The fraction of sp³-hybridized carbons (Fsp3) is 0.0400. The van der Waals surface area contributed by atoms with E-state index in [4.69, 9.17) is 4.18 Å². The molecule has 0 unspecified atom stereocenters. The van der Waals surface area contributed by atoms with Crippen LogP contribution in [0.2, 0.25) is 0 Å². The predicted octanol–water partition coefficient (Wildman–Crippen LogP) is 4.43. The first-order valence-corrected chi connectivity index (χ1v) is 14.7. The monoisotopic (exact) mass is 528 g/mol. The largest absolute Gasteiger partial charge is 0.378 e. The molecule has 0 saturated heterocycles. The van der Waals surface area contributed by atoms with Crippen LogP contribution in [-0.2, 0) is 29.8 Å². The third-order valence-corrected chi connectivity index (χ3v) is 10.1. The first kappa shape index (κ1) is 24.6. The molecule has 0 aliphatic rings. The number of benzene rings is 4. The molecule has 0 N–H and O–H groups in total. The summed E-state index contributed by atoms with van der Waals surface area (Å²) < 4.78 is 84.8. The van der Waals surface area contributed by atoms with Gasteiger partial charge in [-0.1, -0.05) is 54.6 Å². The van der Waals surface area contributed by atoms with Gasteiger partial charge in [0.05, 0.1) is 14.7 Å². The Balaban J connectivity index is 1.96. The highest BCUT2D eigenvalue weighted by Crippen LogP contribution is 2.37. The number of aryl methyl sites for hydroxylation is 1. The molecule has 0 atom stereocenters. The molecule has 4 aromatic carbocycles. The maximum atomic E-state index is 13.5. The molecule has 4 rings (SSSR count). The van der Waals surface area contributed by atoms with Gasteiger partial charge in [-0.05, 0) is 61.0 Å². The van der Waals surface area contributed by atoms with Crippen LogP contribution in [0.15, 0.2) is 128 Å². The number of sulfone groups is 2. The van der Waals surface area contributed by atoms with Crippen molar-refractivity contribution in [1.29, 1.82) is 0 Å². The van der Waals surface area contributed by atoms with Gasteiger partial charge in [-0.3, -0.25) is 0 Å². The van der Waals surface area contributed by atoms with Gasteiger partial charge < -0.3 is 4.18 Å². The molecule has 0 radical (unpaired) electrons. The molecule has 35 heavy (non-hydrogen) atoms. The molecule has 0 aliphatic heterocycles. The summed E-state index contributed by atoms with van der Waals surface area (Å²) in [5.74, 6) is -0.498. The number of rotatable bonds is 7. The van der Waals surface area contributed by atoms with Gasteiger partial charge >= 0.3 is 10.1 Å². The van der Waals surface area contributed by atoms with Crippen molar-refractivity contribution >= 4 is 29.8 Å². The van der Waals surface area contributed by atoms with Crippen molar-refractivity contribution in [1.82, 2.24) is 0 Å². The molecule has 0 bridgehead atoms. The Bertz CT molecular complexity index is 1680. The SMILES string of the molecule is Cc1cc(OS(=O)(=O)c2ccccc2)c(S(=O)(=O)c2ccccc2)cc1S(=O)(=O)c1ccccc1. The zero-order valence-electron chi connectivity index (χ0n) is 18.4. The standard InChI is InChI=1S/C25H20O7S3/c1-19-17-23(32-35(30,31)22-15-9-4-10-16-22)25(34(28,29)21-13-7-3-8-14-21)18-24(19)33(26,27)20-11-5-2-6-12-20/h2-18H,1H3. The Morgan fingerprint density at radius 3 is 1.37 bits per heavy atom. The summed E-state index contributed by atoms with van der Waals surface area (Å²) in [6.07, 6.45) is 0. The van der Waals surface area contributed by atoms with E-state index in [0.717, 1.165) is 12.1 Å². The summed E-state index contributed by atoms with van der Waals surface area (Å²) in [5, 5.41) is 0. The topological polar surface area (TPSA) is 112 Å². The Morgan fingerprint density at radius 1 is 0.514 bits per heavy atom. The van der Waals surface area contributed by atoms with Crippen molar-refractivity contribution in [2.75, 3.05) is 0 Å². The lowest BCUT2D eigenvalue weighted by atomic mass is 10.2. The lowest BCUT2D eigenvalue weighted by molar-refractivity contribution is 0.478. The quantitative estimate of drug-likeness (QED) is 0.326. The van der Waals surface area contributed by atoms with Gasteiger partial charge in [0, 0.05) is 0 Å². The van der Waals surface area contributed by atoms with Crippen molar-refractivity contribution in [3.63, 3.8) is 0 Å². The first-order chi connectivity index (χ1) is 16.5. The second-order valence-corrected chi connectivity index (χ2v) is 12.9. The second-order valence-electron chi connectivity index (χ2n) is 7.55. The molecule has 0 spiro atoms. The van der Waals surface area contributed by atoms with Gasteiger partial charge in [0.15, 0.2) is 5.75 Å². The summed E-state index contributed by atoms with van der Waals surface area (Å²) in [7, 11) is -12.9. The summed E-state index contributed by atoms with van der Waals surface area (Å²) in [4.78, 5) is -1.21. The van der Waals surface area contributed by atoms with Crippen LogP contribution in [0.25, 0.3) is 0 Å². The first-order valence-electron chi connectivity index (χ1n) is 10.3. The van der Waals surface area contributed by atoms with Gasteiger partial charge in [-0.25, -0.2) is 16.8 Å². The maximum Gasteiger partial charge on any atom is 0.339 e. The van der Waals surface area contributed by atoms with Crippen LogP contribution >= 0.6 is 0 Å². The predicted molar refractivity (Wildman–Crippen MR) is 129 cm³/mol. The van der Waals surface area contributed by atoms with E-state index in [1.54, 1.807) is 30.3 Å². The summed E-state index contributed by atoms with van der Waals surface area (Å²) in [5.41, 5.74) is 0.124. The van der Waals surface area contributed by atoms with Crippen LogP contribution in [0, 0.1) is 6.92 Å². The number of hydrogen-bond donors (Lipinski definition) is 0. The summed E-state index contributed by atoms with van der Waals surface area (Å²) >= 11 is 0. The molecule has 180 valence electrons. The lowest BCUT2D eigenvalue weighted by Crippen LogP contribution is -2.14. The molecule has 0 amide bonds. The van der Waals surface area contributed by atoms with Crippen molar-refractivity contribution in [2.45, 2.75) is 31.4 Å². The van der Waals surface area contributed by atoms with Crippen LogP contribution in [-0.4, -0.2) is 25.3 Å². The average molecular weight is 529 g/mol. The van der Waals surface area contributed by atoms with E-state index in [-0.39, 0.29) is 25.1 Å². The third-order valence-electron chi connectivity index (χ3n) is 5.16. The Hall–Kier alpha value is -3.47. The van der Waals surface area contributed by atoms with Crippen LogP contribution in [0.4, 0.5) is 0 Å². The Labute approximate surface area is 204 Å². The van der Waals surface area contributed by atoms with E-state index < -0.39 is 40.4 Å². The normalized spacial score (nSPS) is 12.3. The number of hydrogen-bond acceptors (Lipinski definition) is 7. The Morgan fingerprint density at radius 2 is 0.914 bits per heavy atom. The van der Waals surface area contributed by atoms with Gasteiger partial charge in [0.25, 0.3) is 0 Å². The van der Waals surface area contributed by atoms with Crippen molar-refractivity contribution in [3.8, 4) is 5.75 Å². The van der Waals surface area contributed by atoms with Crippen molar-refractivity contribution < 1.29 is 29.4 Å². The maximum absolute atomic E-state index is 13.5. The van der Waals surface area contributed by atoms with Gasteiger partial charge in [0.1, 0.15) is 9.79 Å². The van der Waals surface area contributed by atoms with Crippen LogP contribution in [0.3, 0.4) is 0 Å². The smallest absolute Gasteiger partial charge is 0.339 e. The molecule has 4 aromatic rings. The van der Waals surface area contributed by atoms with Crippen molar-refractivity contribution in [3.05, 3.63) is 109 Å². The molecular formula is C25H20O7S3. The summed E-state index contributed by atoms with van der Waals surface area (Å²) in [6.45, 7) is 1.44. The van der Waals surface area contributed by atoms with Gasteiger partial charge in [-0.15, -0.1) is 0 Å². The highest BCUT2D eigenvalue weighted by atomic mass is 32.2. The van der Waals surface area contributed by atoms with Gasteiger partial charge in [0.2, 0.25) is 19.7 Å². The van der Waals surface area contributed by atoms with E-state index >= 15 is 0 Å². The summed E-state index contributed by atoms with van der Waals surface area (Å²) in [6, 6.07) is 24.1. The molecule has 0 heterocycles. The molecule has 0 fully saturated rings. The molecule has 0 saturated carbocycles. The molecular weight excluding hydrogens is 508 g/mol. The van der Waals surface area contributed by atoms with Crippen LogP contribution < -0.4 is 4.18 Å². The van der Waals surface area contributed by atoms with E-state index in [1.807, 2.05) is 0 Å². The average Bonchev–Trinajstić information content (AvgIpc) is 2.85.